The summed E-state index contributed by atoms with van der Waals surface area (Å²) in [5, 5.41) is 3.24. The minimum absolute atomic E-state index is 0.615. The molecule has 0 aromatic rings. The summed E-state index contributed by atoms with van der Waals surface area (Å²) < 4.78 is 0. The Kier molecular flexibility index (Phi) is 8.55. The van der Waals surface area contributed by atoms with Crippen LogP contribution in [-0.4, -0.2) is 0 Å². The SMILES string of the molecule is C/C=C\C(=C/C)N/C=C/CC(C)/C=C\C. The molecule has 84 valence electrons. The van der Waals surface area contributed by atoms with Crippen molar-refractivity contribution in [3.05, 3.63) is 48.4 Å². The summed E-state index contributed by atoms with van der Waals surface area (Å²) in [5.41, 5.74) is 1.13. The van der Waals surface area contributed by atoms with Gasteiger partial charge < -0.3 is 5.32 Å². The van der Waals surface area contributed by atoms with Gasteiger partial charge in [0.2, 0.25) is 0 Å². The van der Waals surface area contributed by atoms with E-state index < -0.39 is 0 Å². The Balaban J connectivity index is 3.89. The molecule has 0 aliphatic carbocycles. The Morgan fingerprint density at radius 1 is 1.20 bits per heavy atom. The van der Waals surface area contributed by atoms with Crippen LogP contribution in [0.5, 0.6) is 0 Å². The van der Waals surface area contributed by atoms with Crippen molar-refractivity contribution >= 4 is 0 Å². The van der Waals surface area contributed by atoms with E-state index in [9.17, 15) is 0 Å². The van der Waals surface area contributed by atoms with Crippen LogP contribution in [-0.2, 0) is 0 Å². The smallest absolute Gasteiger partial charge is 0.0332 e. The van der Waals surface area contributed by atoms with Gasteiger partial charge in [0.15, 0.2) is 0 Å². The molecule has 0 fully saturated rings. The molecule has 1 heteroatoms. The summed E-state index contributed by atoms with van der Waals surface area (Å²) >= 11 is 0. The lowest BCUT2D eigenvalue weighted by molar-refractivity contribution is 0.740. The highest BCUT2D eigenvalue weighted by Gasteiger charge is 1.90. The number of allylic oxidation sites excluding steroid dienone is 6. The van der Waals surface area contributed by atoms with E-state index in [-0.39, 0.29) is 0 Å². The quantitative estimate of drug-likeness (QED) is 0.507. The Morgan fingerprint density at radius 2 is 1.93 bits per heavy atom. The first-order chi connectivity index (χ1) is 7.24. The summed E-state index contributed by atoms with van der Waals surface area (Å²) in [6.07, 6.45) is 15.7. The fourth-order valence-corrected chi connectivity index (χ4v) is 1.25. The third-order valence-electron chi connectivity index (χ3n) is 2.05. The number of hydrogen-bond acceptors (Lipinski definition) is 1. The van der Waals surface area contributed by atoms with Gasteiger partial charge in [-0.15, -0.1) is 0 Å². The van der Waals surface area contributed by atoms with Crippen molar-refractivity contribution in [2.24, 2.45) is 5.92 Å². The zero-order valence-corrected chi connectivity index (χ0v) is 10.3. The van der Waals surface area contributed by atoms with Crippen molar-refractivity contribution in [3.63, 3.8) is 0 Å². The highest BCUT2D eigenvalue weighted by atomic mass is 14.8. The van der Waals surface area contributed by atoms with Gasteiger partial charge in [0.05, 0.1) is 0 Å². The summed E-state index contributed by atoms with van der Waals surface area (Å²) in [6.45, 7) is 8.32. The first-order valence-corrected chi connectivity index (χ1v) is 5.58. The molecule has 0 aromatic heterocycles. The lowest BCUT2D eigenvalue weighted by Gasteiger charge is -2.02. The van der Waals surface area contributed by atoms with Crippen LogP contribution in [0.1, 0.15) is 34.1 Å². The number of nitrogens with one attached hydrogen (secondary N) is 1. The van der Waals surface area contributed by atoms with Crippen molar-refractivity contribution in [3.8, 4) is 0 Å². The average Bonchev–Trinajstić information content (AvgIpc) is 2.23. The highest BCUT2D eigenvalue weighted by molar-refractivity contribution is 5.17. The maximum absolute atomic E-state index is 3.24. The Bertz CT molecular complexity index is 257. The van der Waals surface area contributed by atoms with Gasteiger partial charge in [-0.05, 0) is 45.4 Å². The Morgan fingerprint density at radius 3 is 2.47 bits per heavy atom. The molecule has 0 rings (SSSR count). The van der Waals surface area contributed by atoms with Gasteiger partial charge in [0.1, 0.15) is 0 Å². The fraction of sp³-hybridized carbons (Fsp3) is 0.429. The van der Waals surface area contributed by atoms with E-state index >= 15 is 0 Å². The molecule has 0 bridgehead atoms. The molecule has 0 spiro atoms. The van der Waals surface area contributed by atoms with E-state index in [0.717, 1.165) is 12.1 Å². The monoisotopic (exact) mass is 205 g/mol. The third-order valence-corrected chi connectivity index (χ3v) is 2.05. The zero-order valence-electron chi connectivity index (χ0n) is 10.3. The van der Waals surface area contributed by atoms with E-state index in [0.29, 0.717) is 5.92 Å². The number of rotatable bonds is 6. The van der Waals surface area contributed by atoms with Crippen molar-refractivity contribution in [2.75, 3.05) is 0 Å². The third kappa shape index (κ3) is 7.80. The normalized spacial score (nSPS) is 15.6. The van der Waals surface area contributed by atoms with Crippen LogP contribution in [0.15, 0.2) is 48.4 Å². The van der Waals surface area contributed by atoms with Crippen LogP contribution in [0.2, 0.25) is 0 Å². The van der Waals surface area contributed by atoms with Crippen molar-refractivity contribution < 1.29 is 0 Å². The van der Waals surface area contributed by atoms with E-state index in [2.05, 4.69) is 49.5 Å². The van der Waals surface area contributed by atoms with Crippen LogP contribution < -0.4 is 5.32 Å². The summed E-state index contributed by atoms with van der Waals surface area (Å²) in [7, 11) is 0. The second-order valence-electron chi connectivity index (χ2n) is 3.53. The summed E-state index contributed by atoms with van der Waals surface area (Å²) in [5.74, 6) is 0.615. The maximum Gasteiger partial charge on any atom is 0.0332 e. The van der Waals surface area contributed by atoms with Crippen LogP contribution in [0.25, 0.3) is 0 Å². The van der Waals surface area contributed by atoms with Gasteiger partial charge in [0.25, 0.3) is 0 Å². The molecule has 0 amide bonds. The largest absolute Gasteiger partial charge is 0.362 e. The molecule has 1 atom stereocenters. The minimum atomic E-state index is 0.615. The molecular weight excluding hydrogens is 182 g/mol. The molecule has 0 aliphatic rings. The van der Waals surface area contributed by atoms with Crippen LogP contribution in [0.4, 0.5) is 0 Å². The molecule has 15 heavy (non-hydrogen) atoms. The van der Waals surface area contributed by atoms with E-state index in [1.54, 1.807) is 0 Å². The first kappa shape index (κ1) is 13.8. The molecule has 1 N–H and O–H groups in total. The molecule has 0 radical (unpaired) electrons. The topological polar surface area (TPSA) is 12.0 Å². The second kappa shape index (κ2) is 9.32. The molecule has 0 heterocycles. The first-order valence-electron chi connectivity index (χ1n) is 5.58. The lowest BCUT2D eigenvalue weighted by Crippen LogP contribution is -2.01. The molecule has 0 saturated heterocycles. The molecule has 1 unspecified atom stereocenters. The van der Waals surface area contributed by atoms with Gasteiger partial charge in [-0.2, -0.15) is 0 Å². The van der Waals surface area contributed by atoms with E-state index in [1.165, 1.54) is 0 Å². The average molecular weight is 205 g/mol. The molecule has 0 aromatic carbocycles. The van der Waals surface area contributed by atoms with Crippen molar-refractivity contribution in [1.29, 1.82) is 0 Å². The van der Waals surface area contributed by atoms with E-state index in [1.807, 2.05) is 26.1 Å². The standard InChI is InChI=1S/C14H23N/c1-5-9-13(4)11-8-12-15-14(7-3)10-6-2/h5-10,12-13,15H,11H2,1-4H3/b9-5-,10-6-,12-8+,14-7+. The lowest BCUT2D eigenvalue weighted by atomic mass is 10.1. The predicted molar refractivity (Wildman–Crippen MR) is 69.4 cm³/mol. The van der Waals surface area contributed by atoms with Gasteiger partial charge in [-0.1, -0.05) is 37.3 Å². The summed E-state index contributed by atoms with van der Waals surface area (Å²) in [4.78, 5) is 0. The van der Waals surface area contributed by atoms with Gasteiger partial charge in [-0.3, -0.25) is 0 Å². The van der Waals surface area contributed by atoms with E-state index in [4.69, 9.17) is 0 Å². The van der Waals surface area contributed by atoms with Crippen LogP contribution >= 0.6 is 0 Å². The van der Waals surface area contributed by atoms with Crippen molar-refractivity contribution in [1.82, 2.24) is 5.32 Å². The maximum atomic E-state index is 3.24. The van der Waals surface area contributed by atoms with Crippen molar-refractivity contribution in [2.45, 2.75) is 34.1 Å². The minimum Gasteiger partial charge on any atom is -0.362 e. The second-order valence-corrected chi connectivity index (χ2v) is 3.53. The van der Waals surface area contributed by atoms with Crippen LogP contribution in [0, 0.1) is 5.92 Å². The highest BCUT2D eigenvalue weighted by Crippen LogP contribution is 2.04. The molecule has 1 nitrogen and oxygen atoms in total. The molecular formula is C14H23N. The van der Waals surface area contributed by atoms with Gasteiger partial charge in [0, 0.05) is 5.70 Å². The fourth-order valence-electron chi connectivity index (χ4n) is 1.25. The van der Waals surface area contributed by atoms with Gasteiger partial charge >= 0.3 is 0 Å². The Labute approximate surface area is 94.3 Å². The zero-order chi connectivity index (χ0) is 11.5. The molecule has 0 saturated carbocycles. The van der Waals surface area contributed by atoms with Crippen LogP contribution in [0.3, 0.4) is 0 Å². The predicted octanol–water partition coefficient (Wildman–Crippen LogP) is 4.17. The number of hydrogen-bond donors (Lipinski definition) is 1. The van der Waals surface area contributed by atoms with Gasteiger partial charge in [-0.25, -0.2) is 0 Å². The summed E-state index contributed by atoms with van der Waals surface area (Å²) in [6, 6.07) is 0. The molecule has 0 aliphatic heterocycles. The Hall–Kier alpha value is -1.24.